The van der Waals surface area contributed by atoms with Crippen LogP contribution in [0.25, 0.3) is 0 Å². The molecular formula is C14H20BrNOS. The molecule has 0 atom stereocenters. The summed E-state index contributed by atoms with van der Waals surface area (Å²) in [4.78, 5) is 12.8. The molecule has 1 aromatic rings. The molecule has 0 saturated carbocycles. The van der Waals surface area contributed by atoms with Crippen molar-refractivity contribution in [3.05, 3.63) is 28.2 Å². The van der Waals surface area contributed by atoms with E-state index in [4.69, 9.17) is 0 Å². The first-order chi connectivity index (χ1) is 8.63. The molecule has 0 unspecified atom stereocenters. The van der Waals surface area contributed by atoms with Crippen molar-refractivity contribution in [3.8, 4) is 0 Å². The SMILES string of the molecule is CCCCCNC(=O)CSc1ccc(Br)cc1C. The van der Waals surface area contributed by atoms with Gasteiger partial charge >= 0.3 is 0 Å². The molecule has 0 radical (unpaired) electrons. The predicted octanol–water partition coefficient (Wildman–Crippen LogP) is 4.16. The highest BCUT2D eigenvalue weighted by Gasteiger charge is 2.04. The number of thioether (sulfide) groups is 1. The summed E-state index contributed by atoms with van der Waals surface area (Å²) in [5.41, 5.74) is 1.20. The minimum Gasteiger partial charge on any atom is -0.355 e. The van der Waals surface area contributed by atoms with Gasteiger partial charge in [0.05, 0.1) is 5.75 Å². The summed E-state index contributed by atoms with van der Waals surface area (Å²) in [6.07, 6.45) is 3.44. The maximum atomic E-state index is 11.6. The average molecular weight is 330 g/mol. The largest absolute Gasteiger partial charge is 0.355 e. The van der Waals surface area contributed by atoms with Crippen molar-refractivity contribution in [1.29, 1.82) is 0 Å². The molecule has 1 N–H and O–H groups in total. The number of unbranched alkanes of at least 4 members (excludes halogenated alkanes) is 2. The van der Waals surface area contributed by atoms with Crippen LogP contribution in [0.3, 0.4) is 0 Å². The van der Waals surface area contributed by atoms with Crippen LogP contribution in [0.1, 0.15) is 31.7 Å². The van der Waals surface area contributed by atoms with E-state index in [9.17, 15) is 4.79 Å². The minimum absolute atomic E-state index is 0.124. The number of amides is 1. The Kier molecular flexibility index (Phi) is 7.44. The molecule has 2 nitrogen and oxygen atoms in total. The van der Waals surface area contributed by atoms with Gasteiger partial charge in [-0.05, 0) is 37.1 Å². The van der Waals surface area contributed by atoms with Crippen LogP contribution < -0.4 is 5.32 Å². The molecule has 1 rings (SSSR count). The molecule has 0 bridgehead atoms. The number of carbonyl (C=O) groups is 1. The lowest BCUT2D eigenvalue weighted by Crippen LogP contribution is -2.26. The van der Waals surface area contributed by atoms with Crippen LogP contribution in [0.4, 0.5) is 0 Å². The van der Waals surface area contributed by atoms with Gasteiger partial charge < -0.3 is 5.32 Å². The third-order valence-corrected chi connectivity index (χ3v) is 4.27. The molecule has 0 aliphatic heterocycles. The van der Waals surface area contributed by atoms with E-state index in [0.717, 1.165) is 17.4 Å². The van der Waals surface area contributed by atoms with E-state index >= 15 is 0 Å². The second-order valence-corrected chi connectivity index (χ2v) is 6.19. The van der Waals surface area contributed by atoms with Crippen LogP contribution in [0, 0.1) is 6.92 Å². The third-order valence-electron chi connectivity index (χ3n) is 2.60. The maximum absolute atomic E-state index is 11.6. The molecule has 18 heavy (non-hydrogen) atoms. The molecular weight excluding hydrogens is 310 g/mol. The summed E-state index contributed by atoms with van der Waals surface area (Å²) < 4.78 is 1.08. The quantitative estimate of drug-likeness (QED) is 0.601. The van der Waals surface area contributed by atoms with E-state index in [1.54, 1.807) is 11.8 Å². The highest BCUT2D eigenvalue weighted by atomic mass is 79.9. The fourth-order valence-corrected chi connectivity index (χ4v) is 2.89. The number of rotatable bonds is 7. The van der Waals surface area contributed by atoms with Crippen LogP contribution in [0.2, 0.25) is 0 Å². The Balaban J connectivity index is 2.29. The van der Waals surface area contributed by atoms with Gasteiger partial charge in [0.25, 0.3) is 0 Å². The maximum Gasteiger partial charge on any atom is 0.230 e. The van der Waals surface area contributed by atoms with Crippen molar-refractivity contribution >= 4 is 33.6 Å². The molecule has 100 valence electrons. The van der Waals surface area contributed by atoms with Crippen LogP contribution >= 0.6 is 27.7 Å². The molecule has 1 aromatic carbocycles. The number of benzene rings is 1. The van der Waals surface area contributed by atoms with Gasteiger partial charge in [-0.15, -0.1) is 11.8 Å². The first-order valence-electron chi connectivity index (χ1n) is 6.29. The Labute approximate surface area is 122 Å². The van der Waals surface area contributed by atoms with Crippen molar-refractivity contribution in [2.24, 2.45) is 0 Å². The van der Waals surface area contributed by atoms with E-state index in [1.165, 1.54) is 23.3 Å². The number of aryl methyl sites for hydroxylation is 1. The molecule has 1 amide bonds. The van der Waals surface area contributed by atoms with Gasteiger partial charge in [0.15, 0.2) is 0 Å². The van der Waals surface area contributed by atoms with Crippen LogP contribution in [-0.2, 0) is 4.79 Å². The predicted molar refractivity (Wildman–Crippen MR) is 82.1 cm³/mol. The summed E-state index contributed by atoms with van der Waals surface area (Å²) in [5.74, 6) is 0.618. The Hall–Kier alpha value is -0.480. The topological polar surface area (TPSA) is 29.1 Å². The van der Waals surface area contributed by atoms with E-state index < -0.39 is 0 Å². The van der Waals surface area contributed by atoms with Crippen LogP contribution in [-0.4, -0.2) is 18.2 Å². The summed E-state index contributed by atoms with van der Waals surface area (Å²) >= 11 is 5.03. The number of hydrogen-bond acceptors (Lipinski definition) is 2. The fraction of sp³-hybridized carbons (Fsp3) is 0.500. The van der Waals surface area contributed by atoms with E-state index in [0.29, 0.717) is 5.75 Å². The molecule has 0 heterocycles. The summed E-state index contributed by atoms with van der Waals surface area (Å²) in [5, 5.41) is 2.95. The van der Waals surface area contributed by atoms with Crippen molar-refractivity contribution < 1.29 is 4.79 Å². The molecule has 0 fully saturated rings. The Morgan fingerprint density at radius 3 is 2.83 bits per heavy atom. The van der Waals surface area contributed by atoms with Gasteiger partial charge in [-0.1, -0.05) is 35.7 Å². The number of halogens is 1. The lowest BCUT2D eigenvalue weighted by atomic mass is 10.2. The monoisotopic (exact) mass is 329 g/mol. The van der Waals surface area contributed by atoms with Crippen molar-refractivity contribution in [2.45, 2.75) is 38.0 Å². The number of hydrogen-bond donors (Lipinski definition) is 1. The normalized spacial score (nSPS) is 10.4. The molecule has 0 aromatic heterocycles. The minimum atomic E-state index is 0.124. The second-order valence-electron chi connectivity index (χ2n) is 4.26. The molecule has 4 heteroatoms. The number of nitrogens with one attached hydrogen (secondary N) is 1. The zero-order chi connectivity index (χ0) is 13.4. The smallest absolute Gasteiger partial charge is 0.230 e. The Morgan fingerprint density at radius 2 is 2.17 bits per heavy atom. The molecule has 0 saturated heterocycles. The third kappa shape index (κ3) is 5.91. The van der Waals surface area contributed by atoms with Crippen molar-refractivity contribution in [1.82, 2.24) is 5.32 Å². The van der Waals surface area contributed by atoms with Gasteiger partial charge in [-0.3, -0.25) is 4.79 Å². The first kappa shape index (κ1) is 15.6. The highest BCUT2D eigenvalue weighted by Crippen LogP contribution is 2.24. The summed E-state index contributed by atoms with van der Waals surface area (Å²) in [6, 6.07) is 6.13. The zero-order valence-corrected chi connectivity index (χ0v) is 13.4. The van der Waals surface area contributed by atoms with Gasteiger partial charge in [-0.2, -0.15) is 0 Å². The van der Waals surface area contributed by atoms with E-state index in [2.05, 4.69) is 47.2 Å². The standard InChI is InChI=1S/C14H20BrNOS/c1-3-4-5-8-16-14(17)10-18-13-7-6-12(15)9-11(13)2/h6-7,9H,3-5,8,10H2,1-2H3,(H,16,17). The van der Waals surface area contributed by atoms with Crippen molar-refractivity contribution in [3.63, 3.8) is 0 Å². The molecule has 0 aliphatic carbocycles. The van der Waals surface area contributed by atoms with Crippen LogP contribution in [0.15, 0.2) is 27.6 Å². The number of carbonyl (C=O) groups excluding carboxylic acids is 1. The van der Waals surface area contributed by atoms with E-state index in [1.807, 2.05) is 6.07 Å². The Morgan fingerprint density at radius 1 is 1.39 bits per heavy atom. The van der Waals surface area contributed by atoms with Gasteiger partial charge in [0.1, 0.15) is 0 Å². The van der Waals surface area contributed by atoms with Gasteiger partial charge in [0.2, 0.25) is 5.91 Å². The average Bonchev–Trinajstić information content (AvgIpc) is 2.33. The lowest BCUT2D eigenvalue weighted by molar-refractivity contribution is -0.118. The lowest BCUT2D eigenvalue weighted by Gasteiger charge is -2.07. The highest BCUT2D eigenvalue weighted by molar-refractivity contribution is 9.10. The Bertz CT molecular complexity index is 395. The first-order valence-corrected chi connectivity index (χ1v) is 8.07. The van der Waals surface area contributed by atoms with Gasteiger partial charge in [0, 0.05) is 15.9 Å². The summed E-state index contributed by atoms with van der Waals surface area (Å²) in [7, 11) is 0. The summed E-state index contributed by atoms with van der Waals surface area (Å²) in [6.45, 7) is 5.02. The van der Waals surface area contributed by atoms with Gasteiger partial charge in [-0.25, -0.2) is 0 Å². The van der Waals surface area contributed by atoms with E-state index in [-0.39, 0.29) is 5.91 Å². The van der Waals surface area contributed by atoms with Crippen molar-refractivity contribution in [2.75, 3.05) is 12.3 Å². The zero-order valence-electron chi connectivity index (χ0n) is 11.0. The van der Waals surface area contributed by atoms with Crippen LogP contribution in [0.5, 0.6) is 0 Å². The second kappa shape index (κ2) is 8.59. The molecule has 0 aliphatic rings. The molecule has 0 spiro atoms. The fourth-order valence-electron chi connectivity index (χ4n) is 1.57.